The number of sulfonamides is 1. The smallest absolute Gasteiger partial charge is 0.279 e. The van der Waals surface area contributed by atoms with Gasteiger partial charge in [-0.1, -0.05) is 20.3 Å². The quantitative estimate of drug-likeness (QED) is 0.447. The van der Waals surface area contributed by atoms with Gasteiger partial charge >= 0.3 is 0 Å². The second-order valence-electron chi connectivity index (χ2n) is 9.69. The molecule has 2 fully saturated rings. The molecule has 12 heteroatoms. The summed E-state index contributed by atoms with van der Waals surface area (Å²) >= 11 is 0. The van der Waals surface area contributed by atoms with Crippen LogP contribution in [0.2, 0.25) is 0 Å². The number of nitrogens with one attached hydrogen (secondary N) is 1. The second-order valence-corrected chi connectivity index (χ2v) is 11.6. The summed E-state index contributed by atoms with van der Waals surface area (Å²) in [5.41, 5.74) is 1.70. The molecule has 0 bridgehead atoms. The van der Waals surface area contributed by atoms with Crippen molar-refractivity contribution in [2.45, 2.75) is 57.9 Å². The molecule has 1 aliphatic heterocycles. The zero-order valence-electron chi connectivity index (χ0n) is 21.7. The maximum atomic E-state index is 13.5. The van der Waals surface area contributed by atoms with Gasteiger partial charge in [0.05, 0.1) is 24.1 Å². The molecule has 200 valence electrons. The van der Waals surface area contributed by atoms with Gasteiger partial charge in [0.2, 0.25) is 15.9 Å². The molecular weight excluding hydrogens is 494 g/mol. The first kappa shape index (κ1) is 25.8. The number of aryl methyl sites for hydroxylation is 1. The summed E-state index contributed by atoms with van der Waals surface area (Å²) in [4.78, 5) is 27.3. The van der Waals surface area contributed by atoms with Crippen LogP contribution in [0.3, 0.4) is 0 Å². The average Bonchev–Trinajstić information content (AvgIpc) is 3.24. The summed E-state index contributed by atoms with van der Waals surface area (Å²) < 4.78 is 36.1. The Labute approximate surface area is 216 Å². The van der Waals surface area contributed by atoms with E-state index in [4.69, 9.17) is 9.72 Å². The number of nitrogens with zero attached hydrogens (tertiary/aromatic N) is 6. The number of H-pyrrole nitrogens is 1. The van der Waals surface area contributed by atoms with Gasteiger partial charge in [-0.15, -0.1) is 0 Å². The standard InChI is InChI=1S/C25H35N7O4S/c1-4-20-21-22(29-32(20)16-17-8-7-9-17)24(33)28-23(27-21)19-14-18(15-26-25(19)36-6-3)37(34,35)31-12-10-30(5-2)11-13-31/h14-15,17H,4-13,16H2,1-3H3,(H,27,28,33). The van der Waals surface area contributed by atoms with Gasteiger partial charge in [0, 0.05) is 32.7 Å². The maximum absolute atomic E-state index is 13.5. The topological polar surface area (TPSA) is 126 Å². The third kappa shape index (κ3) is 4.89. The van der Waals surface area contributed by atoms with Crippen LogP contribution >= 0.6 is 0 Å². The van der Waals surface area contributed by atoms with Crippen molar-refractivity contribution < 1.29 is 13.2 Å². The lowest BCUT2D eigenvalue weighted by molar-refractivity contribution is 0.196. The van der Waals surface area contributed by atoms with Crippen LogP contribution in [0.5, 0.6) is 5.88 Å². The Morgan fingerprint density at radius 2 is 1.86 bits per heavy atom. The first-order valence-electron chi connectivity index (χ1n) is 13.2. The minimum Gasteiger partial charge on any atom is -0.477 e. The molecule has 0 spiro atoms. The minimum absolute atomic E-state index is 0.0510. The van der Waals surface area contributed by atoms with Gasteiger partial charge in [-0.3, -0.25) is 9.48 Å². The predicted molar refractivity (Wildman–Crippen MR) is 140 cm³/mol. The highest BCUT2D eigenvalue weighted by Crippen LogP contribution is 2.32. The first-order valence-corrected chi connectivity index (χ1v) is 14.6. The number of hydrogen-bond acceptors (Lipinski definition) is 8. The summed E-state index contributed by atoms with van der Waals surface area (Å²) in [5, 5.41) is 4.59. The third-order valence-corrected chi connectivity index (χ3v) is 9.33. The van der Waals surface area contributed by atoms with Gasteiger partial charge in [0.15, 0.2) is 5.52 Å². The van der Waals surface area contributed by atoms with Crippen LogP contribution in [0.1, 0.15) is 45.7 Å². The Hall–Kier alpha value is -2.83. The molecule has 1 saturated carbocycles. The monoisotopic (exact) mass is 529 g/mol. The molecular formula is C25H35N7O4S. The van der Waals surface area contributed by atoms with E-state index in [0.29, 0.717) is 61.7 Å². The van der Waals surface area contributed by atoms with E-state index in [-0.39, 0.29) is 22.2 Å². The number of fused-ring (bicyclic) bond motifs is 1. The summed E-state index contributed by atoms with van der Waals surface area (Å²) in [5.74, 6) is 1.02. The van der Waals surface area contributed by atoms with Crippen molar-refractivity contribution in [1.29, 1.82) is 0 Å². The van der Waals surface area contributed by atoms with Crippen molar-refractivity contribution in [3.8, 4) is 17.3 Å². The van der Waals surface area contributed by atoms with Crippen LogP contribution in [0.15, 0.2) is 22.0 Å². The van der Waals surface area contributed by atoms with Gasteiger partial charge < -0.3 is 14.6 Å². The van der Waals surface area contributed by atoms with Gasteiger partial charge in [0.1, 0.15) is 16.2 Å². The van der Waals surface area contributed by atoms with E-state index >= 15 is 0 Å². The van der Waals surface area contributed by atoms with Crippen LogP contribution in [0.4, 0.5) is 0 Å². The minimum atomic E-state index is -3.77. The lowest BCUT2D eigenvalue weighted by Crippen LogP contribution is -2.48. The highest BCUT2D eigenvalue weighted by Gasteiger charge is 2.30. The molecule has 11 nitrogen and oxygen atoms in total. The first-order chi connectivity index (χ1) is 17.8. The number of ether oxygens (including phenoxy) is 1. The molecule has 3 aromatic rings. The van der Waals surface area contributed by atoms with Gasteiger partial charge in [-0.05, 0) is 44.7 Å². The van der Waals surface area contributed by atoms with E-state index in [1.807, 2.05) is 18.5 Å². The van der Waals surface area contributed by atoms with E-state index in [2.05, 4.69) is 26.9 Å². The molecule has 0 radical (unpaired) electrons. The van der Waals surface area contributed by atoms with E-state index in [1.54, 1.807) is 0 Å². The van der Waals surface area contributed by atoms with E-state index in [1.165, 1.54) is 35.8 Å². The molecule has 0 atom stereocenters. The summed E-state index contributed by atoms with van der Waals surface area (Å²) in [6.45, 7) is 10.1. The van der Waals surface area contributed by atoms with E-state index in [9.17, 15) is 13.2 Å². The fourth-order valence-electron chi connectivity index (χ4n) is 5.04. The fourth-order valence-corrected chi connectivity index (χ4v) is 6.44. The Bertz CT molecular complexity index is 1440. The number of piperazine rings is 1. The van der Waals surface area contributed by atoms with Crippen LogP contribution in [0, 0.1) is 5.92 Å². The average molecular weight is 530 g/mol. The zero-order chi connectivity index (χ0) is 26.2. The van der Waals surface area contributed by atoms with Crippen molar-refractivity contribution in [3.63, 3.8) is 0 Å². The summed E-state index contributed by atoms with van der Waals surface area (Å²) in [6, 6.07) is 1.51. The van der Waals surface area contributed by atoms with Crippen LogP contribution in [-0.2, 0) is 23.0 Å². The van der Waals surface area contributed by atoms with Crippen LogP contribution in [-0.4, -0.2) is 81.7 Å². The molecule has 1 aliphatic carbocycles. The van der Waals surface area contributed by atoms with Crippen molar-refractivity contribution in [2.75, 3.05) is 39.3 Å². The Morgan fingerprint density at radius 3 is 2.49 bits per heavy atom. The molecule has 1 N–H and O–H groups in total. The Balaban J connectivity index is 1.57. The molecule has 0 amide bonds. The van der Waals surface area contributed by atoms with Gasteiger partial charge in [-0.2, -0.15) is 9.40 Å². The normalized spacial score (nSPS) is 17.8. The van der Waals surface area contributed by atoms with E-state index in [0.717, 1.165) is 18.8 Å². The number of pyridine rings is 1. The SMILES string of the molecule is CCOc1ncc(S(=O)(=O)N2CCN(CC)CC2)cc1-c1nc2c(CC)n(CC3CCC3)nc2c(=O)[nH]1. The van der Waals surface area contributed by atoms with Crippen molar-refractivity contribution in [3.05, 3.63) is 28.3 Å². The van der Waals surface area contributed by atoms with Crippen molar-refractivity contribution >= 4 is 21.1 Å². The highest BCUT2D eigenvalue weighted by atomic mass is 32.2. The van der Waals surface area contributed by atoms with E-state index < -0.39 is 10.0 Å². The molecule has 1 saturated heterocycles. The number of likely N-dealkylation sites (N-methyl/N-ethyl adjacent to an activating group) is 1. The number of aromatic amines is 1. The largest absolute Gasteiger partial charge is 0.477 e. The fraction of sp³-hybridized carbons (Fsp3) is 0.600. The van der Waals surface area contributed by atoms with Crippen LogP contribution < -0.4 is 10.3 Å². The number of aromatic nitrogens is 5. The van der Waals surface area contributed by atoms with Gasteiger partial charge in [0.25, 0.3) is 5.56 Å². The molecule has 3 aromatic heterocycles. The molecule has 2 aliphatic rings. The molecule has 4 heterocycles. The highest BCUT2D eigenvalue weighted by molar-refractivity contribution is 7.89. The molecule has 5 rings (SSSR count). The predicted octanol–water partition coefficient (Wildman–Crippen LogP) is 2.27. The Morgan fingerprint density at radius 1 is 1.11 bits per heavy atom. The maximum Gasteiger partial charge on any atom is 0.279 e. The molecule has 0 unspecified atom stereocenters. The summed E-state index contributed by atoms with van der Waals surface area (Å²) in [7, 11) is -3.77. The molecule has 0 aromatic carbocycles. The zero-order valence-corrected chi connectivity index (χ0v) is 22.6. The van der Waals surface area contributed by atoms with Crippen molar-refractivity contribution in [1.82, 2.24) is 33.9 Å². The second kappa shape index (κ2) is 10.5. The third-order valence-electron chi connectivity index (χ3n) is 7.47. The van der Waals surface area contributed by atoms with Gasteiger partial charge in [-0.25, -0.2) is 18.4 Å². The number of hydrogen-bond donors (Lipinski definition) is 1. The lowest BCUT2D eigenvalue weighted by atomic mass is 9.85. The van der Waals surface area contributed by atoms with Crippen LogP contribution in [0.25, 0.3) is 22.4 Å². The summed E-state index contributed by atoms with van der Waals surface area (Å²) in [6.07, 6.45) is 5.57. The van der Waals surface area contributed by atoms with Crippen molar-refractivity contribution in [2.24, 2.45) is 5.92 Å². The molecule has 37 heavy (non-hydrogen) atoms. The lowest BCUT2D eigenvalue weighted by Gasteiger charge is -2.33. The number of rotatable bonds is 9. The Kier molecular flexibility index (Phi) is 7.32.